The minimum Gasteiger partial charge on any atom is -0.309 e. The lowest BCUT2D eigenvalue weighted by Gasteiger charge is -2.03. The van der Waals surface area contributed by atoms with Gasteiger partial charge in [-0.2, -0.15) is 5.10 Å². The maximum atomic E-state index is 4.00. The second kappa shape index (κ2) is 7.56. The molecule has 0 amide bonds. The summed E-state index contributed by atoms with van der Waals surface area (Å²) in [7, 11) is 6.10. The van der Waals surface area contributed by atoms with Crippen molar-refractivity contribution in [2.24, 2.45) is 7.05 Å². The number of aromatic nitrogens is 2. The van der Waals surface area contributed by atoms with Gasteiger partial charge in [0.2, 0.25) is 0 Å². The lowest BCUT2D eigenvalue weighted by Crippen LogP contribution is -2.11. The van der Waals surface area contributed by atoms with E-state index in [0.29, 0.717) is 0 Å². The van der Waals surface area contributed by atoms with E-state index >= 15 is 0 Å². The topological polar surface area (TPSA) is 21.1 Å². The molecule has 0 aliphatic rings. The largest absolute Gasteiger partial charge is 0.309 e. The Kier molecular flexibility index (Phi) is 7.11. The van der Waals surface area contributed by atoms with Crippen molar-refractivity contribution in [2.45, 2.75) is 26.7 Å². The monoisotopic (exact) mass is 197 g/mol. The van der Waals surface area contributed by atoms with Crippen LogP contribution in [0, 0.1) is 0 Å². The van der Waals surface area contributed by atoms with Gasteiger partial charge < -0.3 is 4.90 Å². The van der Waals surface area contributed by atoms with E-state index in [2.05, 4.69) is 37.9 Å². The number of nitrogens with zero attached hydrogens (tertiary/aromatic N) is 3. The zero-order valence-corrected chi connectivity index (χ0v) is 10.1. The summed E-state index contributed by atoms with van der Waals surface area (Å²) in [6, 6.07) is 0. The van der Waals surface area contributed by atoms with Crippen LogP contribution >= 0.6 is 0 Å². The quantitative estimate of drug-likeness (QED) is 0.738. The van der Waals surface area contributed by atoms with Gasteiger partial charge in [-0.05, 0) is 39.0 Å². The summed E-state index contributed by atoms with van der Waals surface area (Å²) in [6.45, 7) is 5.51. The van der Waals surface area contributed by atoms with E-state index < -0.39 is 0 Å². The Hall–Kier alpha value is -0.830. The summed E-state index contributed by atoms with van der Waals surface area (Å²) in [5.74, 6) is 0. The van der Waals surface area contributed by atoms with Crippen LogP contribution < -0.4 is 0 Å². The highest BCUT2D eigenvalue weighted by molar-refractivity contribution is 5.02. The normalized spacial score (nSPS) is 9.86. The van der Waals surface area contributed by atoms with Crippen LogP contribution in [0.3, 0.4) is 0 Å². The molecule has 82 valence electrons. The first-order valence-electron chi connectivity index (χ1n) is 5.22. The Labute approximate surface area is 87.7 Å². The van der Waals surface area contributed by atoms with Crippen molar-refractivity contribution < 1.29 is 0 Å². The van der Waals surface area contributed by atoms with Gasteiger partial charge in [0.1, 0.15) is 0 Å². The Balaban J connectivity index is 0.000000255. The molecule has 1 rings (SSSR count). The Morgan fingerprint density at radius 3 is 2.14 bits per heavy atom. The Morgan fingerprint density at radius 1 is 1.36 bits per heavy atom. The lowest BCUT2D eigenvalue weighted by molar-refractivity contribution is 0.408. The summed E-state index contributed by atoms with van der Waals surface area (Å²) in [4.78, 5) is 2.18. The average Bonchev–Trinajstić information content (AvgIpc) is 2.52. The molecule has 1 heterocycles. The number of aryl methyl sites for hydroxylation is 2. The summed E-state index contributed by atoms with van der Waals surface area (Å²) in [5.41, 5.74) is 1.30. The smallest absolute Gasteiger partial charge is 0.0521 e. The van der Waals surface area contributed by atoms with Crippen molar-refractivity contribution in [3.05, 3.63) is 18.0 Å². The molecule has 1 aromatic heterocycles. The SMILES string of the molecule is CCCN(C)C.CCc1cnn(C)c1. The zero-order chi connectivity index (χ0) is 11.0. The molecule has 0 saturated heterocycles. The van der Waals surface area contributed by atoms with E-state index in [4.69, 9.17) is 0 Å². The highest BCUT2D eigenvalue weighted by atomic mass is 15.2. The lowest BCUT2D eigenvalue weighted by atomic mass is 10.3. The molecule has 14 heavy (non-hydrogen) atoms. The van der Waals surface area contributed by atoms with Crippen LogP contribution in [-0.2, 0) is 13.5 Å². The zero-order valence-electron chi connectivity index (χ0n) is 10.1. The third-order valence-electron chi connectivity index (χ3n) is 1.84. The Bertz CT molecular complexity index is 228. The van der Waals surface area contributed by atoms with Gasteiger partial charge in [-0.15, -0.1) is 0 Å². The molecule has 0 bridgehead atoms. The first-order chi connectivity index (χ1) is 6.60. The fourth-order valence-corrected chi connectivity index (χ4v) is 1.10. The number of hydrogen-bond donors (Lipinski definition) is 0. The third kappa shape index (κ3) is 6.66. The maximum absolute atomic E-state index is 4.00. The van der Waals surface area contributed by atoms with E-state index in [-0.39, 0.29) is 0 Å². The van der Waals surface area contributed by atoms with Crippen LogP contribution in [0.25, 0.3) is 0 Å². The molecule has 1 aromatic rings. The molecule has 0 radical (unpaired) electrons. The van der Waals surface area contributed by atoms with Crippen LogP contribution in [0.5, 0.6) is 0 Å². The second-order valence-electron chi connectivity index (χ2n) is 3.68. The van der Waals surface area contributed by atoms with Crippen molar-refractivity contribution in [1.29, 1.82) is 0 Å². The standard InChI is InChI=1S/C6H10N2.C5H13N/c1-3-6-4-7-8(2)5-6;1-4-5-6(2)3/h4-5H,3H2,1-2H3;4-5H2,1-3H3. The highest BCUT2D eigenvalue weighted by Crippen LogP contribution is 1.94. The molecule has 3 nitrogen and oxygen atoms in total. The number of rotatable bonds is 3. The summed E-state index contributed by atoms with van der Waals surface area (Å²) >= 11 is 0. The van der Waals surface area contributed by atoms with Crippen molar-refractivity contribution in [3.63, 3.8) is 0 Å². The molecule has 0 saturated carbocycles. The molecule has 0 fully saturated rings. The molecule has 0 atom stereocenters. The highest BCUT2D eigenvalue weighted by Gasteiger charge is 1.87. The minimum atomic E-state index is 1.08. The van der Waals surface area contributed by atoms with Gasteiger partial charge in [-0.25, -0.2) is 0 Å². The van der Waals surface area contributed by atoms with E-state index in [0.717, 1.165) is 6.42 Å². The van der Waals surface area contributed by atoms with E-state index in [1.165, 1.54) is 18.5 Å². The van der Waals surface area contributed by atoms with Crippen LogP contribution in [0.15, 0.2) is 12.4 Å². The van der Waals surface area contributed by atoms with Gasteiger partial charge in [0.15, 0.2) is 0 Å². The van der Waals surface area contributed by atoms with Gasteiger partial charge in [-0.1, -0.05) is 13.8 Å². The van der Waals surface area contributed by atoms with Gasteiger partial charge in [0.25, 0.3) is 0 Å². The van der Waals surface area contributed by atoms with Crippen LogP contribution in [0.4, 0.5) is 0 Å². The molecule has 0 spiro atoms. The van der Waals surface area contributed by atoms with Gasteiger partial charge in [0.05, 0.1) is 6.20 Å². The minimum absolute atomic E-state index is 1.08. The molecule has 0 aliphatic carbocycles. The fourth-order valence-electron chi connectivity index (χ4n) is 1.10. The fraction of sp³-hybridized carbons (Fsp3) is 0.727. The average molecular weight is 197 g/mol. The summed E-state index contributed by atoms with van der Waals surface area (Å²) < 4.78 is 1.82. The molecule has 3 heteroatoms. The Morgan fingerprint density at radius 2 is 2.00 bits per heavy atom. The summed E-state index contributed by atoms with van der Waals surface area (Å²) in [6.07, 6.45) is 6.25. The van der Waals surface area contributed by atoms with Crippen LogP contribution in [0.1, 0.15) is 25.8 Å². The van der Waals surface area contributed by atoms with Gasteiger partial charge in [-0.3, -0.25) is 4.68 Å². The van der Waals surface area contributed by atoms with E-state index in [1.54, 1.807) is 0 Å². The third-order valence-corrected chi connectivity index (χ3v) is 1.84. The molecular formula is C11H23N3. The van der Waals surface area contributed by atoms with Crippen LogP contribution in [-0.4, -0.2) is 35.3 Å². The van der Waals surface area contributed by atoms with Crippen molar-refractivity contribution >= 4 is 0 Å². The molecule has 0 N–H and O–H groups in total. The van der Waals surface area contributed by atoms with Crippen molar-refractivity contribution in [1.82, 2.24) is 14.7 Å². The predicted octanol–water partition coefficient (Wildman–Crippen LogP) is 1.94. The van der Waals surface area contributed by atoms with E-state index in [1.807, 2.05) is 24.1 Å². The summed E-state index contributed by atoms with van der Waals surface area (Å²) in [5, 5.41) is 4.00. The first-order valence-corrected chi connectivity index (χ1v) is 5.22. The first kappa shape index (κ1) is 13.2. The molecule has 0 aliphatic heterocycles. The molecule has 0 unspecified atom stereocenters. The van der Waals surface area contributed by atoms with E-state index in [9.17, 15) is 0 Å². The predicted molar refractivity (Wildman–Crippen MR) is 61.4 cm³/mol. The van der Waals surface area contributed by atoms with Crippen LogP contribution in [0.2, 0.25) is 0 Å². The van der Waals surface area contributed by atoms with Crippen molar-refractivity contribution in [3.8, 4) is 0 Å². The maximum Gasteiger partial charge on any atom is 0.0521 e. The van der Waals surface area contributed by atoms with Gasteiger partial charge in [0, 0.05) is 13.2 Å². The van der Waals surface area contributed by atoms with Gasteiger partial charge >= 0.3 is 0 Å². The second-order valence-corrected chi connectivity index (χ2v) is 3.68. The molecule has 0 aromatic carbocycles. The molecular weight excluding hydrogens is 174 g/mol. The van der Waals surface area contributed by atoms with Crippen molar-refractivity contribution in [2.75, 3.05) is 20.6 Å². The number of hydrogen-bond acceptors (Lipinski definition) is 2.